The summed E-state index contributed by atoms with van der Waals surface area (Å²) in [6.45, 7) is 0. The van der Waals surface area contributed by atoms with E-state index in [9.17, 15) is 4.79 Å². The maximum atomic E-state index is 12.8. The Hall–Kier alpha value is -2.17. The SMILES string of the molecule is COc1cc2[nH]c3c(c(=O)c2c(OC)c1OC)CCCC3. The summed E-state index contributed by atoms with van der Waals surface area (Å²) in [4.78, 5) is 16.2. The minimum absolute atomic E-state index is 0.0382. The van der Waals surface area contributed by atoms with Crippen molar-refractivity contribution in [3.8, 4) is 17.2 Å². The second-order valence-corrected chi connectivity index (χ2v) is 5.19. The van der Waals surface area contributed by atoms with Gasteiger partial charge in [0.15, 0.2) is 16.9 Å². The van der Waals surface area contributed by atoms with Gasteiger partial charge in [0.1, 0.15) is 0 Å². The van der Waals surface area contributed by atoms with Crippen LogP contribution >= 0.6 is 0 Å². The molecule has 1 heterocycles. The van der Waals surface area contributed by atoms with Gasteiger partial charge in [-0.3, -0.25) is 4.79 Å². The van der Waals surface area contributed by atoms with Gasteiger partial charge in [-0.05, 0) is 25.7 Å². The summed E-state index contributed by atoms with van der Waals surface area (Å²) in [5, 5.41) is 0.538. The molecule has 5 nitrogen and oxygen atoms in total. The molecule has 1 aliphatic carbocycles. The molecule has 3 rings (SSSR count). The van der Waals surface area contributed by atoms with Crippen LogP contribution in [-0.4, -0.2) is 26.3 Å². The Labute approximate surface area is 122 Å². The van der Waals surface area contributed by atoms with E-state index in [1.165, 1.54) is 7.11 Å². The van der Waals surface area contributed by atoms with Crippen molar-refractivity contribution < 1.29 is 14.2 Å². The zero-order valence-electron chi connectivity index (χ0n) is 12.5. The fourth-order valence-corrected chi connectivity index (χ4v) is 3.09. The van der Waals surface area contributed by atoms with Gasteiger partial charge < -0.3 is 19.2 Å². The molecule has 2 aromatic rings. The molecule has 0 spiro atoms. The molecule has 0 saturated carbocycles. The number of aryl methyl sites for hydroxylation is 1. The van der Waals surface area contributed by atoms with Gasteiger partial charge in [-0.1, -0.05) is 0 Å². The van der Waals surface area contributed by atoms with Crippen LogP contribution in [0.3, 0.4) is 0 Å². The average molecular weight is 289 g/mol. The third-order valence-electron chi connectivity index (χ3n) is 4.08. The first-order valence-electron chi connectivity index (χ1n) is 7.08. The second-order valence-electron chi connectivity index (χ2n) is 5.19. The summed E-state index contributed by atoms with van der Waals surface area (Å²) in [5.74, 6) is 1.43. The number of hydrogen-bond donors (Lipinski definition) is 1. The first-order chi connectivity index (χ1) is 10.2. The lowest BCUT2D eigenvalue weighted by molar-refractivity contribution is 0.327. The monoisotopic (exact) mass is 289 g/mol. The van der Waals surface area contributed by atoms with Crippen molar-refractivity contribution in [2.75, 3.05) is 21.3 Å². The van der Waals surface area contributed by atoms with Gasteiger partial charge in [0, 0.05) is 17.3 Å². The third-order valence-corrected chi connectivity index (χ3v) is 4.08. The van der Waals surface area contributed by atoms with E-state index in [1.54, 1.807) is 20.3 Å². The first kappa shape index (κ1) is 13.8. The second kappa shape index (κ2) is 5.31. The Balaban J connectivity index is 2.43. The average Bonchev–Trinajstić information content (AvgIpc) is 2.53. The Morgan fingerprint density at radius 3 is 2.38 bits per heavy atom. The van der Waals surface area contributed by atoms with Crippen LogP contribution in [0.4, 0.5) is 0 Å². The third kappa shape index (κ3) is 2.04. The van der Waals surface area contributed by atoms with Gasteiger partial charge in [-0.15, -0.1) is 0 Å². The zero-order chi connectivity index (χ0) is 15.0. The van der Waals surface area contributed by atoms with Crippen molar-refractivity contribution in [3.05, 3.63) is 27.5 Å². The largest absolute Gasteiger partial charge is 0.493 e. The molecule has 1 aromatic heterocycles. The maximum absolute atomic E-state index is 12.8. The lowest BCUT2D eigenvalue weighted by Gasteiger charge is -2.19. The summed E-state index contributed by atoms with van der Waals surface area (Å²) in [6.07, 6.45) is 3.89. The minimum atomic E-state index is 0.0382. The molecule has 0 radical (unpaired) electrons. The predicted octanol–water partition coefficient (Wildman–Crippen LogP) is 2.43. The standard InChI is InChI=1S/C16H19NO4/c1-19-12-8-11-13(16(21-3)15(12)20-2)14(18)9-6-4-5-7-10(9)17-11/h8H,4-7H2,1-3H3,(H,17,18). The van der Waals surface area contributed by atoms with Crippen LogP contribution < -0.4 is 19.6 Å². The summed E-state index contributed by atoms with van der Waals surface area (Å²) in [5.41, 5.74) is 2.68. The van der Waals surface area contributed by atoms with Crippen LogP contribution in [0.2, 0.25) is 0 Å². The Morgan fingerprint density at radius 2 is 1.71 bits per heavy atom. The highest BCUT2D eigenvalue weighted by molar-refractivity contribution is 5.91. The molecule has 0 aliphatic heterocycles. The van der Waals surface area contributed by atoms with Crippen molar-refractivity contribution in [1.82, 2.24) is 4.98 Å². The topological polar surface area (TPSA) is 60.6 Å². The van der Waals surface area contributed by atoms with Gasteiger partial charge in [0.25, 0.3) is 0 Å². The molecule has 1 aliphatic rings. The quantitative estimate of drug-likeness (QED) is 0.942. The van der Waals surface area contributed by atoms with Crippen molar-refractivity contribution in [2.24, 2.45) is 0 Å². The number of hydrogen-bond acceptors (Lipinski definition) is 4. The number of H-pyrrole nitrogens is 1. The van der Waals surface area contributed by atoms with E-state index in [-0.39, 0.29) is 5.43 Å². The highest BCUT2D eigenvalue weighted by atomic mass is 16.5. The number of aromatic amines is 1. The molecule has 1 aromatic carbocycles. The van der Waals surface area contributed by atoms with Crippen LogP contribution in [0.5, 0.6) is 17.2 Å². The van der Waals surface area contributed by atoms with E-state index in [0.717, 1.165) is 42.5 Å². The lowest BCUT2D eigenvalue weighted by Crippen LogP contribution is -2.19. The van der Waals surface area contributed by atoms with Gasteiger partial charge in [0.05, 0.1) is 32.2 Å². The van der Waals surface area contributed by atoms with Crippen LogP contribution in [0.15, 0.2) is 10.9 Å². The molecule has 0 amide bonds. The molecule has 0 atom stereocenters. The molecular weight excluding hydrogens is 270 g/mol. The van der Waals surface area contributed by atoms with E-state index in [0.29, 0.717) is 22.6 Å². The minimum Gasteiger partial charge on any atom is -0.493 e. The molecule has 5 heteroatoms. The van der Waals surface area contributed by atoms with Gasteiger partial charge in [-0.25, -0.2) is 0 Å². The number of aromatic nitrogens is 1. The van der Waals surface area contributed by atoms with Gasteiger partial charge in [-0.2, -0.15) is 0 Å². The van der Waals surface area contributed by atoms with Gasteiger partial charge >= 0.3 is 0 Å². The highest BCUT2D eigenvalue weighted by Crippen LogP contribution is 2.42. The van der Waals surface area contributed by atoms with Crippen molar-refractivity contribution in [2.45, 2.75) is 25.7 Å². The number of fused-ring (bicyclic) bond motifs is 2. The lowest BCUT2D eigenvalue weighted by atomic mass is 9.94. The Bertz CT molecular complexity index is 743. The Morgan fingerprint density at radius 1 is 1.00 bits per heavy atom. The van der Waals surface area contributed by atoms with Crippen molar-refractivity contribution >= 4 is 10.9 Å². The fraction of sp³-hybridized carbons (Fsp3) is 0.438. The molecule has 0 fully saturated rings. The normalized spacial score (nSPS) is 13.9. The number of rotatable bonds is 3. The van der Waals surface area contributed by atoms with Crippen molar-refractivity contribution in [1.29, 1.82) is 0 Å². The maximum Gasteiger partial charge on any atom is 0.204 e. The smallest absolute Gasteiger partial charge is 0.204 e. The van der Waals surface area contributed by atoms with E-state index in [2.05, 4.69) is 4.98 Å². The molecular formula is C16H19NO4. The summed E-state index contributed by atoms with van der Waals surface area (Å²) in [6, 6.07) is 1.80. The molecule has 112 valence electrons. The molecule has 0 unspecified atom stereocenters. The first-order valence-corrected chi connectivity index (χ1v) is 7.08. The van der Waals surface area contributed by atoms with E-state index < -0.39 is 0 Å². The van der Waals surface area contributed by atoms with Gasteiger partial charge in [0.2, 0.25) is 5.75 Å². The van der Waals surface area contributed by atoms with Crippen LogP contribution in [0.1, 0.15) is 24.1 Å². The number of pyridine rings is 1. The zero-order valence-corrected chi connectivity index (χ0v) is 12.5. The predicted molar refractivity (Wildman–Crippen MR) is 80.9 cm³/mol. The van der Waals surface area contributed by atoms with Crippen LogP contribution in [-0.2, 0) is 12.8 Å². The molecule has 0 bridgehead atoms. The summed E-state index contributed by atoms with van der Waals surface area (Å²) >= 11 is 0. The van der Waals surface area contributed by atoms with E-state index in [4.69, 9.17) is 14.2 Å². The number of nitrogens with one attached hydrogen (secondary N) is 1. The summed E-state index contributed by atoms with van der Waals surface area (Å²) in [7, 11) is 4.65. The summed E-state index contributed by atoms with van der Waals surface area (Å²) < 4.78 is 16.1. The van der Waals surface area contributed by atoms with E-state index >= 15 is 0 Å². The fourth-order valence-electron chi connectivity index (χ4n) is 3.09. The van der Waals surface area contributed by atoms with Crippen molar-refractivity contribution in [3.63, 3.8) is 0 Å². The number of ether oxygens (including phenoxy) is 3. The molecule has 21 heavy (non-hydrogen) atoms. The molecule has 0 saturated heterocycles. The Kier molecular flexibility index (Phi) is 3.49. The van der Waals surface area contributed by atoms with Crippen LogP contribution in [0, 0.1) is 0 Å². The number of benzene rings is 1. The molecule has 1 N–H and O–H groups in total. The van der Waals surface area contributed by atoms with E-state index in [1.807, 2.05) is 0 Å². The number of methoxy groups -OCH3 is 3. The van der Waals surface area contributed by atoms with Crippen LogP contribution in [0.25, 0.3) is 10.9 Å². The highest BCUT2D eigenvalue weighted by Gasteiger charge is 2.22.